The average Bonchev–Trinajstić information content (AvgIpc) is 2.43. The summed E-state index contributed by atoms with van der Waals surface area (Å²) in [6, 6.07) is 6.79. The molecule has 0 aliphatic heterocycles. The molecule has 0 fully saturated rings. The normalized spacial score (nSPS) is 11.6. The summed E-state index contributed by atoms with van der Waals surface area (Å²) < 4.78 is 26.4. The summed E-state index contributed by atoms with van der Waals surface area (Å²) in [5, 5.41) is 2.83. The molecule has 21 heavy (non-hydrogen) atoms. The monoisotopic (exact) mass is 312 g/mol. The highest BCUT2D eigenvalue weighted by Crippen LogP contribution is 2.12. The molecule has 0 aromatic heterocycles. The van der Waals surface area contributed by atoms with Crippen LogP contribution in [0.3, 0.4) is 0 Å². The number of nitrogens with one attached hydrogen (secondary N) is 2. The lowest BCUT2D eigenvalue weighted by molar-refractivity contribution is -0.121. The number of amides is 1. The Morgan fingerprint density at radius 2 is 1.81 bits per heavy atom. The van der Waals surface area contributed by atoms with Crippen molar-refractivity contribution in [3.05, 3.63) is 29.8 Å². The second-order valence-corrected chi connectivity index (χ2v) is 7.03. The summed E-state index contributed by atoms with van der Waals surface area (Å²) in [5.74, 6) is 0.00584. The zero-order chi connectivity index (χ0) is 15.9. The number of rotatable bonds is 8. The van der Waals surface area contributed by atoms with Crippen molar-refractivity contribution in [1.82, 2.24) is 10.0 Å². The van der Waals surface area contributed by atoms with Crippen molar-refractivity contribution in [2.75, 3.05) is 6.54 Å². The third-order valence-corrected chi connectivity index (χ3v) is 4.34. The molecule has 1 rings (SSSR count). The maximum absolute atomic E-state index is 11.9. The molecule has 0 heterocycles. The van der Waals surface area contributed by atoms with E-state index in [0.29, 0.717) is 19.4 Å². The molecule has 0 bridgehead atoms. The molecule has 5 nitrogen and oxygen atoms in total. The van der Waals surface area contributed by atoms with E-state index in [-0.39, 0.29) is 16.8 Å². The highest BCUT2D eigenvalue weighted by atomic mass is 32.2. The van der Waals surface area contributed by atoms with Gasteiger partial charge < -0.3 is 5.32 Å². The van der Waals surface area contributed by atoms with Gasteiger partial charge in [-0.1, -0.05) is 19.1 Å². The molecule has 0 aliphatic carbocycles. The first-order valence-corrected chi connectivity index (χ1v) is 8.71. The smallest absolute Gasteiger partial charge is 0.240 e. The molecule has 0 unspecified atom stereocenters. The first kappa shape index (κ1) is 17.7. The van der Waals surface area contributed by atoms with Crippen molar-refractivity contribution >= 4 is 15.9 Å². The predicted molar refractivity (Wildman–Crippen MR) is 83.5 cm³/mol. The minimum Gasteiger partial charge on any atom is -0.354 e. The molecule has 1 aromatic rings. The Labute approximate surface area is 127 Å². The largest absolute Gasteiger partial charge is 0.354 e. The molecule has 0 saturated carbocycles. The van der Waals surface area contributed by atoms with Crippen LogP contribution in [0.25, 0.3) is 0 Å². The van der Waals surface area contributed by atoms with Gasteiger partial charge in [0.1, 0.15) is 0 Å². The molecule has 0 saturated heterocycles. The van der Waals surface area contributed by atoms with Gasteiger partial charge in [0, 0.05) is 19.0 Å². The summed E-state index contributed by atoms with van der Waals surface area (Å²) in [6.45, 7) is 6.18. The Balaban J connectivity index is 2.60. The fraction of sp³-hybridized carbons (Fsp3) is 0.533. The van der Waals surface area contributed by atoms with E-state index in [9.17, 15) is 13.2 Å². The lowest BCUT2D eigenvalue weighted by Gasteiger charge is -2.09. The molecule has 6 heteroatoms. The lowest BCUT2D eigenvalue weighted by Crippen LogP contribution is -2.30. The molecule has 1 amide bonds. The third kappa shape index (κ3) is 6.27. The van der Waals surface area contributed by atoms with Crippen LogP contribution < -0.4 is 10.0 Å². The van der Waals surface area contributed by atoms with Crippen molar-refractivity contribution < 1.29 is 13.2 Å². The van der Waals surface area contributed by atoms with Gasteiger partial charge in [-0.3, -0.25) is 4.79 Å². The summed E-state index contributed by atoms with van der Waals surface area (Å²) >= 11 is 0. The molecule has 118 valence electrons. The number of aryl methyl sites for hydroxylation is 1. The number of hydrogen-bond donors (Lipinski definition) is 2. The number of hydrogen-bond acceptors (Lipinski definition) is 3. The zero-order valence-corrected chi connectivity index (χ0v) is 13.7. The summed E-state index contributed by atoms with van der Waals surface area (Å²) in [4.78, 5) is 11.8. The van der Waals surface area contributed by atoms with Crippen molar-refractivity contribution in [3.8, 4) is 0 Å². The highest BCUT2D eigenvalue weighted by molar-refractivity contribution is 7.89. The second kappa shape index (κ2) is 8.14. The zero-order valence-electron chi connectivity index (χ0n) is 12.8. The molecule has 2 N–H and O–H groups in total. The van der Waals surface area contributed by atoms with Gasteiger partial charge in [0.15, 0.2) is 0 Å². The molecule has 0 spiro atoms. The number of benzene rings is 1. The molecule has 0 radical (unpaired) electrons. The molecular formula is C15H24N2O3S. The maximum Gasteiger partial charge on any atom is 0.240 e. The van der Waals surface area contributed by atoms with Gasteiger partial charge in [0.2, 0.25) is 15.9 Å². The van der Waals surface area contributed by atoms with Crippen LogP contribution in [0.15, 0.2) is 29.2 Å². The van der Waals surface area contributed by atoms with Gasteiger partial charge in [0.05, 0.1) is 4.90 Å². The Bertz CT molecular complexity index is 551. The third-order valence-electron chi connectivity index (χ3n) is 2.87. The first-order chi connectivity index (χ1) is 9.85. The fourth-order valence-electron chi connectivity index (χ4n) is 1.81. The quantitative estimate of drug-likeness (QED) is 0.769. The molecular weight excluding hydrogens is 288 g/mol. The summed E-state index contributed by atoms with van der Waals surface area (Å²) in [5.41, 5.74) is 0.948. The minimum absolute atomic E-state index is 0.00584. The van der Waals surface area contributed by atoms with E-state index in [1.54, 1.807) is 24.3 Å². The predicted octanol–water partition coefficient (Wildman–Crippen LogP) is 1.83. The fourth-order valence-corrected chi connectivity index (χ4v) is 2.94. The number of carbonyl (C=O) groups excluding carboxylic acids is 1. The van der Waals surface area contributed by atoms with Crippen molar-refractivity contribution in [2.24, 2.45) is 0 Å². The first-order valence-electron chi connectivity index (χ1n) is 7.23. The number of carbonyl (C=O) groups is 1. The Morgan fingerprint density at radius 3 is 2.33 bits per heavy atom. The van der Waals surface area contributed by atoms with Crippen LogP contribution in [-0.4, -0.2) is 26.9 Å². The minimum atomic E-state index is -3.42. The number of sulfonamides is 1. The highest BCUT2D eigenvalue weighted by Gasteiger charge is 2.12. The van der Waals surface area contributed by atoms with Gasteiger partial charge in [0.25, 0.3) is 0 Å². The van der Waals surface area contributed by atoms with E-state index < -0.39 is 10.0 Å². The van der Waals surface area contributed by atoms with E-state index in [4.69, 9.17) is 0 Å². The van der Waals surface area contributed by atoms with Crippen LogP contribution >= 0.6 is 0 Å². The van der Waals surface area contributed by atoms with Crippen LogP contribution in [-0.2, 0) is 21.2 Å². The molecule has 0 aliphatic rings. The second-order valence-electron chi connectivity index (χ2n) is 5.26. The SMILES string of the molecule is CCCNS(=O)(=O)c1ccc(CCC(=O)NC(C)C)cc1. The van der Waals surface area contributed by atoms with E-state index in [1.165, 1.54) is 0 Å². The Hall–Kier alpha value is -1.40. The van der Waals surface area contributed by atoms with Gasteiger partial charge >= 0.3 is 0 Å². The van der Waals surface area contributed by atoms with E-state index >= 15 is 0 Å². The maximum atomic E-state index is 11.9. The van der Waals surface area contributed by atoms with Crippen LogP contribution in [0.4, 0.5) is 0 Å². The average molecular weight is 312 g/mol. The van der Waals surface area contributed by atoms with Crippen LogP contribution in [0, 0.1) is 0 Å². The Kier molecular flexibility index (Phi) is 6.84. The topological polar surface area (TPSA) is 75.3 Å². The summed E-state index contributed by atoms with van der Waals surface area (Å²) in [6.07, 6.45) is 1.75. The standard InChI is InChI=1S/C15H24N2O3S/c1-4-11-16-21(19,20)14-8-5-13(6-9-14)7-10-15(18)17-12(2)3/h5-6,8-9,12,16H,4,7,10-11H2,1-3H3,(H,17,18). The van der Waals surface area contributed by atoms with E-state index in [2.05, 4.69) is 10.0 Å². The van der Waals surface area contributed by atoms with Gasteiger partial charge in [-0.15, -0.1) is 0 Å². The lowest BCUT2D eigenvalue weighted by atomic mass is 10.1. The summed E-state index contributed by atoms with van der Waals surface area (Å²) in [7, 11) is -3.42. The van der Waals surface area contributed by atoms with Crippen molar-refractivity contribution in [1.29, 1.82) is 0 Å². The molecule has 1 aromatic carbocycles. The Morgan fingerprint density at radius 1 is 1.19 bits per heavy atom. The van der Waals surface area contributed by atoms with E-state index in [1.807, 2.05) is 20.8 Å². The van der Waals surface area contributed by atoms with Gasteiger partial charge in [-0.05, 0) is 44.4 Å². The van der Waals surface area contributed by atoms with Crippen LogP contribution in [0.5, 0.6) is 0 Å². The van der Waals surface area contributed by atoms with E-state index in [0.717, 1.165) is 12.0 Å². The van der Waals surface area contributed by atoms with Crippen molar-refractivity contribution in [3.63, 3.8) is 0 Å². The van der Waals surface area contributed by atoms with Crippen molar-refractivity contribution in [2.45, 2.75) is 51.0 Å². The van der Waals surface area contributed by atoms with Gasteiger partial charge in [-0.2, -0.15) is 0 Å². The van der Waals surface area contributed by atoms with Crippen LogP contribution in [0.1, 0.15) is 39.2 Å². The molecule has 0 atom stereocenters. The van der Waals surface area contributed by atoms with Gasteiger partial charge in [-0.25, -0.2) is 13.1 Å². The van der Waals surface area contributed by atoms with Crippen LogP contribution in [0.2, 0.25) is 0 Å².